The average molecular weight is 521 g/mol. The number of carbonyl (C=O) groups excluding carboxylic acids is 1. The Morgan fingerprint density at radius 3 is 2.51 bits per heavy atom. The molecule has 0 bridgehead atoms. The van der Waals surface area contributed by atoms with E-state index >= 15 is 0 Å². The van der Waals surface area contributed by atoms with Gasteiger partial charge in [-0.1, -0.05) is 48.5 Å². The van der Waals surface area contributed by atoms with Crippen molar-refractivity contribution in [2.75, 3.05) is 11.1 Å². The number of carbonyl (C=O) groups is 1. The number of alkyl halides is 3. The Kier molecular flexibility index (Phi) is 5.87. The number of nitrogens with zero attached hydrogens (tertiary/aromatic N) is 1. The zero-order chi connectivity index (χ0) is 25.7. The molecule has 1 fully saturated rings. The first-order valence-electron chi connectivity index (χ1n) is 12.2. The maximum absolute atomic E-state index is 13.4. The third kappa shape index (κ3) is 4.55. The van der Waals surface area contributed by atoms with Crippen LogP contribution in [0.3, 0.4) is 0 Å². The lowest BCUT2D eigenvalue weighted by atomic mass is 9.95. The molecule has 1 amide bonds. The number of halogens is 3. The summed E-state index contributed by atoms with van der Waals surface area (Å²) in [5, 5.41) is 5.70. The normalized spacial score (nSPS) is 17.1. The zero-order valence-corrected chi connectivity index (χ0v) is 20.5. The van der Waals surface area contributed by atoms with E-state index in [1.807, 2.05) is 18.2 Å². The molecule has 188 valence electrons. The molecule has 0 unspecified atom stereocenters. The van der Waals surface area contributed by atoms with E-state index in [-0.39, 0.29) is 11.2 Å². The zero-order valence-electron chi connectivity index (χ0n) is 19.7. The van der Waals surface area contributed by atoms with Crippen LogP contribution >= 0.6 is 11.8 Å². The molecule has 8 heteroatoms. The Labute approximate surface area is 215 Å². The smallest absolute Gasteiger partial charge is 0.324 e. The van der Waals surface area contributed by atoms with Crippen LogP contribution in [0.15, 0.2) is 82.6 Å². The van der Waals surface area contributed by atoms with Crippen molar-refractivity contribution in [2.24, 2.45) is 0 Å². The summed E-state index contributed by atoms with van der Waals surface area (Å²) in [5.74, 6) is 0.220. The van der Waals surface area contributed by atoms with E-state index in [0.717, 1.165) is 57.5 Å². The summed E-state index contributed by atoms with van der Waals surface area (Å²) in [4.78, 5) is 26.5. The minimum absolute atomic E-state index is 0.0568. The van der Waals surface area contributed by atoms with E-state index in [1.54, 1.807) is 6.07 Å². The largest absolute Gasteiger partial charge is 0.416 e. The molecule has 0 spiro atoms. The second-order valence-electron chi connectivity index (χ2n) is 9.58. The monoisotopic (exact) mass is 520 g/mol. The van der Waals surface area contributed by atoms with Crippen molar-refractivity contribution in [3.8, 4) is 0 Å². The van der Waals surface area contributed by atoms with E-state index in [9.17, 15) is 22.8 Å². The topological polar surface area (TPSA) is 51.1 Å². The minimum atomic E-state index is -4.51. The van der Waals surface area contributed by atoms with Gasteiger partial charge >= 0.3 is 6.18 Å². The highest BCUT2D eigenvalue weighted by Crippen LogP contribution is 2.49. The number of amides is 1. The maximum atomic E-state index is 13.4. The third-order valence-corrected chi connectivity index (χ3v) is 8.20. The third-order valence-electron chi connectivity index (χ3n) is 7.03. The SMILES string of the molecule is O=C(Nc1cccc(C(F)(F)F)c1)[C@@H]1CSc2c(C3CC3)c(Cc3cccc4ccccc34)cc(=O)n21. The van der Waals surface area contributed by atoms with E-state index in [0.29, 0.717) is 18.1 Å². The summed E-state index contributed by atoms with van der Waals surface area (Å²) in [6.07, 6.45) is -1.81. The predicted molar refractivity (Wildman–Crippen MR) is 139 cm³/mol. The summed E-state index contributed by atoms with van der Waals surface area (Å²) in [6.45, 7) is 0. The lowest BCUT2D eigenvalue weighted by Gasteiger charge is -2.18. The summed E-state index contributed by atoms with van der Waals surface area (Å²) < 4.78 is 40.8. The number of fused-ring (bicyclic) bond motifs is 2. The average Bonchev–Trinajstić information content (AvgIpc) is 3.60. The number of rotatable bonds is 5. The van der Waals surface area contributed by atoms with Crippen molar-refractivity contribution < 1.29 is 18.0 Å². The first-order valence-corrected chi connectivity index (χ1v) is 13.1. The Balaban J connectivity index is 1.34. The van der Waals surface area contributed by atoms with Crippen LogP contribution in [0.25, 0.3) is 10.8 Å². The van der Waals surface area contributed by atoms with E-state index < -0.39 is 23.7 Å². The van der Waals surface area contributed by atoms with Crippen LogP contribution in [0.4, 0.5) is 18.9 Å². The van der Waals surface area contributed by atoms with Gasteiger partial charge < -0.3 is 5.32 Å². The second-order valence-corrected chi connectivity index (χ2v) is 10.6. The van der Waals surface area contributed by atoms with E-state index in [2.05, 4.69) is 29.6 Å². The van der Waals surface area contributed by atoms with Gasteiger partial charge in [-0.15, -0.1) is 11.8 Å². The molecule has 0 saturated heterocycles. The van der Waals surface area contributed by atoms with Gasteiger partial charge in [0, 0.05) is 17.5 Å². The van der Waals surface area contributed by atoms with Crippen LogP contribution < -0.4 is 10.9 Å². The van der Waals surface area contributed by atoms with Crippen molar-refractivity contribution in [1.29, 1.82) is 0 Å². The van der Waals surface area contributed by atoms with Gasteiger partial charge in [-0.25, -0.2) is 0 Å². The number of hydrogen-bond acceptors (Lipinski definition) is 3. The molecule has 6 rings (SSSR count). The Hall–Kier alpha value is -3.52. The highest BCUT2D eigenvalue weighted by Gasteiger charge is 2.38. The van der Waals surface area contributed by atoms with E-state index in [1.165, 1.54) is 28.5 Å². The molecule has 37 heavy (non-hydrogen) atoms. The van der Waals surface area contributed by atoms with Gasteiger partial charge in [0.05, 0.1) is 10.6 Å². The number of anilines is 1. The van der Waals surface area contributed by atoms with Gasteiger partial charge in [-0.3, -0.25) is 14.2 Å². The Morgan fingerprint density at radius 1 is 0.973 bits per heavy atom. The van der Waals surface area contributed by atoms with Gasteiger partial charge in [-0.2, -0.15) is 13.2 Å². The van der Waals surface area contributed by atoms with Gasteiger partial charge in [0.25, 0.3) is 5.56 Å². The summed E-state index contributed by atoms with van der Waals surface area (Å²) in [6, 6.07) is 19.8. The molecule has 2 aliphatic rings. The lowest BCUT2D eigenvalue weighted by molar-refractivity contribution is -0.137. The van der Waals surface area contributed by atoms with Gasteiger partial charge in [0.1, 0.15) is 6.04 Å². The Morgan fingerprint density at radius 2 is 1.73 bits per heavy atom. The number of pyridine rings is 1. The molecule has 1 atom stereocenters. The van der Waals surface area contributed by atoms with Crippen molar-refractivity contribution in [3.63, 3.8) is 0 Å². The quantitative estimate of drug-likeness (QED) is 0.316. The summed E-state index contributed by atoms with van der Waals surface area (Å²) in [5.41, 5.74) is 2.22. The van der Waals surface area contributed by atoms with Crippen LogP contribution in [-0.4, -0.2) is 16.2 Å². The first kappa shape index (κ1) is 23.9. The molecular weight excluding hydrogens is 497 g/mol. The molecule has 1 aromatic heterocycles. The standard InChI is InChI=1S/C29H23F3N2O2S/c30-29(31,32)21-8-4-9-22(15-21)33-27(36)24-16-37-28-26(18-11-12-18)20(14-25(35)34(24)28)13-19-7-3-6-17-5-1-2-10-23(17)19/h1-10,14-15,18,24H,11-13,16H2,(H,33,36)/t24-/m0/s1. The fraction of sp³-hybridized carbons (Fsp3) is 0.241. The van der Waals surface area contributed by atoms with Crippen LogP contribution in [0.2, 0.25) is 0 Å². The van der Waals surface area contributed by atoms with Crippen LogP contribution in [0.5, 0.6) is 0 Å². The molecule has 1 N–H and O–H groups in total. The van der Waals surface area contributed by atoms with Crippen LogP contribution in [-0.2, 0) is 17.4 Å². The second kappa shape index (κ2) is 9.10. The molecular formula is C29H23F3N2O2S. The van der Waals surface area contributed by atoms with Crippen molar-refractivity contribution in [3.05, 3.63) is 105 Å². The fourth-order valence-electron chi connectivity index (χ4n) is 5.14. The lowest BCUT2D eigenvalue weighted by Crippen LogP contribution is -2.33. The number of nitrogens with one attached hydrogen (secondary N) is 1. The Bertz CT molecular complexity index is 1590. The number of thioether (sulfide) groups is 1. The van der Waals surface area contributed by atoms with Crippen molar-refractivity contribution in [1.82, 2.24) is 4.57 Å². The van der Waals surface area contributed by atoms with Crippen molar-refractivity contribution in [2.45, 2.75) is 42.4 Å². The summed E-state index contributed by atoms with van der Waals surface area (Å²) >= 11 is 1.48. The van der Waals surface area contributed by atoms with Gasteiger partial charge in [0.2, 0.25) is 5.91 Å². The number of hydrogen-bond donors (Lipinski definition) is 1. The predicted octanol–water partition coefficient (Wildman–Crippen LogP) is 6.77. The molecule has 4 nitrogen and oxygen atoms in total. The molecule has 2 heterocycles. The highest BCUT2D eigenvalue weighted by atomic mass is 32.2. The van der Waals surface area contributed by atoms with Crippen LogP contribution in [0.1, 0.15) is 47.1 Å². The fourth-order valence-corrected chi connectivity index (χ4v) is 6.56. The maximum Gasteiger partial charge on any atom is 0.416 e. The van der Waals surface area contributed by atoms with Gasteiger partial charge in [0.15, 0.2) is 0 Å². The van der Waals surface area contributed by atoms with Gasteiger partial charge in [-0.05, 0) is 70.8 Å². The van der Waals surface area contributed by atoms with E-state index in [4.69, 9.17) is 0 Å². The van der Waals surface area contributed by atoms with Crippen LogP contribution in [0, 0.1) is 0 Å². The molecule has 1 saturated carbocycles. The van der Waals surface area contributed by atoms with Crippen molar-refractivity contribution >= 4 is 34.1 Å². The minimum Gasteiger partial charge on any atom is -0.324 e. The molecule has 3 aromatic carbocycles. The number of benzene rings is 3. The first-order chi connectivity index (χ1) is 17.8. The summed E-state index contributed by atoms with van der Waals surface area (Å²) in [7, 11) is 0. The molecule has 0 radical (unpaired) electrons. The highest BCUT2D eigenvalue weighted by molar-refractivity contribution is 7.99. The molecule has 1 aliphatic carbocycles. The number of aromatic nitrogens is 1. The molecule has 4 aromatic rings. The molecule has 1 aliphatic heterocycles.